The Morgan fingerprint density at radius 3 is 1.57 bits per heavy atom. The Morgan fingerprint density at radius 1 is 1.43 bits per heavy atom. The molecular weight excluding hydrogens is 353 g/mol. The van der Waals surface area contributed by atoms with Gasteiger partial charge in [0, 0.05) is 21.1 Å². The van der Waals surface area contributed by atoms with Crippen LogP contribution in [0.2, 0.25) is 0 Å². The van der Waals surface area contributed by atoms with Crippen LogP contribution in [-0.4, -0.2) is 51.4 Å². The maximum Gasteiger partial charge on any atom is 0 e. The maximum absolute atomic E-state index is 9.24. The van der Waals surface area contributed by atoms with Gasteiger partial charge in [0.05, 0.1) is 0 Å². The molecule has 0 bridgehead atoms. The van der Waals surface area contributed by atoms with Crippen LogP contribution in [0.3, 0.4) is 0 Å². The quantitative estimate of drug-likeness (QED) is 0.464. The van der Waals surface area contributed by atoms with Crippen LogP contribution in [0.25, 0.3) is 0 Å². The van der Waals surface area contributed by atoms with E-state index in [2.05, 4.69) is 3.45 Å². The molecule has 0 heterocycles. The molecule has 0 aromatic rings. The Morgan fingerprint density at radius 2 is 1.57 bits per heavy atom. The standard InChI is InChI=1S/K.H2OP.2O.V.W.H/c;1-2;;;;;/h;2H2;;;;;/q;-1;;;+1;;. The first-order valence-corrected chi connectivity index (χ1v) is 2.97. The van der Waals surface area contributed by atoms with Crippen LogP contribution in [0, 0.1) is 0 Å². The number of hydrogen-bond acceptors (Lipinski definition) is 3. The average Bonchev–Trinajstić information content (AvgIpc) is 1.38. The van der Waals surface area contributed by atoms with Crippen LogP contribution in [0.5, 0.6) is 0 Å². The number of hydrogen-bond donors (Lipinski definition) is 0. The molecule has 7 heavy (non-hydrogen) atoms. The molecule has 0 aliphatic rings. The minimum atomic E-state index is -3.24. The summed E-state index contributed by atoms with van der Waals surface area (Å²) < 4.78 is 22.2. The van der Waals surface area contributed by atoms with Crippen molar-refractivity contribution in [2.24, 2.45) is 0 Å². The first-order chi connectivity index (χ1) is 2.27. The molecule has 0 fully saturated rings. The zero-order valence-corrected chi connectivity index (χ0v) is 8.14. The van der Waals surface area contributed by atoms with Gasteiger partial charge in [-0.2, -0.15) is 0 Å². The molecule has 0 aromatic carbocycles. The second-order valence-electron chi connectivity index (χ2n) is 0.329. The first kappa shape index (κ1) is 16.5. The van der Waals surface area contributed by atoms with Crippen molar-refractivity contribution < 1.29 is 47.3 Å². The van der Waals surface area contributed by atoms with Crippen molar-refractivity contribution in [3.05, 3.63) is 0 Å². The summed E-state index contributed by atoms with van der Waals surface area (Å²) in [6, 6.07) is 0. The Kier molecular flexibility index (Phi) is 27.4. The maximum atomic E-state index is 9.24. The van der Waals surface area contributed by atoms with E-state index in [0.717, 1.165) is 0 Å². The van der Waals surface area contributed by atoms with Gasteiger partial charge in [-0.1, -0.05) is 0 Å². The summed E-state index contributed by atoms with van der Waals surface area (Å²) >= 11 is -3.24. The minimum absolute atomic E-state index is 0. The predicted octanol–water partition coefficient (Wildman–Crippen LogP) is -0.634. The summed E-state index contributed by atoms with van der Waals surface area (Å²) in [5, 5.41) is 0. The third-order valence-electron chi connectivity index (χ3n) is 0.0861. The van der Waals surface area contributed by atoms with Crippen LogP contribution < -0.4 is 0 Å². The molecule has 3 nitrogen and oxygen atoms in total. The molecule has 0 spiro atoms. The molecule has 0 amide bonds. The third-order valence-corrected chi connectivity index (χ3v) is 1.06. The van der Waals surface area contributed by atoms with E-state index in [0.29, 0.717) is 0 Å². The van der Waals surface area contributed by atoms with Crippen molar-refractivity contribution in [3.8, 4) is 0 Å². The topological polar surface area (TPSA) is 43.4 Å². The minimum Gasteiger partial charge on any atom is 0 e. The predicted molar refractivity (Wildman–Crippen MR) is 19.3 cm³/mol. The van der Waals surface area contributed by atoms with Gasteiger partial charge < -0.3 is 0 Å². The van der Waals surface area contributed by atoms with Crippen molar-refractivity contribution in [3.63, 3.8) is 0 Å². The SMILES string of the molecule is [KH].[O]=[V](=[O])[O]P.[W]. The van der Waals surface area contributed by atoms with Gasteiger partial charge in [-0.05, 0) is 0 Å². The normalized spacial score (nSPS) is 5.29. The van der Waals surface area contributed by atoms with Gasteiger partial charge in [0.15, 0.2) is 0 Å². The van der Waals surface area contributed by atoms with Gasteiger partial charge >= 0.3 is 87.0 Å². The zero-order chi connectivity index (χ0) is 4.28. The Balaban J connectivity index is -0.0000000800. The molecule has 38 valence electrons. The number of rotatable bonds is 1. The monoisotopic (exact) mass is 356 g/mol. The first-order valence-electron chi connectivity index (χ1n) is 0.783. The van der Waals surface area contributed by atoms with Gasteiger partial charge in [-0.25, -0.2) is 0 Å². The summed E-state index contributed by atoms with van der Waals surface area (Å²) in [4.78, 5) is 0. The van der Waals surface area contributed by atoms with Crippen molar-refractivity contribution >= 4 is 60.9 Å². The van der Waals surface area contributed by atoms with E-state index in [-0.39, 0.29) is 72.4 Å². The van der Waals surface area contributed by atoms with Crippen LogP contribution >= 0.6 is 9.47 Å². The molecule has 0 radical (unpaired) electrons. The molecule has 7 heteroatoms. The molecular formula is H3KO3PVW. The van der Waals surface area contributed by atoms with E-state index in [9.17, 15) is 7.35 Å². The van der Waals surface area contributed by atoms with E-state index < -0.39 is 15.4 Å². The molecule has 0 N–H and O–H groups in total. The van der Waals surface area contributed by atoms with Gasteiger partial charge in [-0.3, -0.25) is 0 Å². The molecule has 0 rings (SSSR count). The smallest absolute Gasteiger partial charge is 0 e. The van der Waals surface area contributed by atoms with E-state index in [1.54, 1.807) is 9.47 Å². The van der Waals surface area contributed by atoms with Crippen molar-refractivity contribution in [1.29, 1.82) is 0 Å². The zero-order valence-electron chi connectivity index (χ0n) is 2.66. The van der Waals surface area contributed by atoms with Gasteiger partial charge in [0.2, 0.25) is 0 Å². The Bertz CT molecular complexity index is 73.0. The van der Waals surface area contributed by atoms with E-state index in [1.165, 1.54) is 0 Å². The van der Waals surface area contributed by atoms with Crippen molar-refractivity contribution in [1.82, 2.24) is 0 Å². The van der Waals surface area contributed by atoms with Crippen LogP contribution in [0.4, 0.5) is 0 Å². The van der Waals surface area contributed by atoms with Gasteiger partial charge in [0.1, 0.15) is 0 Å². The fourth-order valence-electron chi connectivity index (χ4n) is 0. The van der Waals surface area contributed by atoms with Gasteiger partial charge in [0.25, 0.3) is 0 Å². The fourth-order valence-corrected chi connectivity index (χ4v) is 0. The summed E-state index contributed by atoms with van der Waals surface area (Å²) in [6.45, 7) is 0. The van der Waals surface area contributed by atoms with Crippen molar-refractivity contribution in [2.75, 3.05) is 0 Å². The molecule has 0 aromatic heterocycles. The van der Waals surface area contributed by atoms with E-state index in [4.69, 9.17) is 0 Å². The fraction of sp³-hybridized carbons (Fsp3) is 0. The summed E-state index contributed by atoms with van der Waals surface area (Å²) in [6.07, 6.45) is 0. The summed E-state index contributed by atoms with van der Waals surface area (Å²) in [7, 11) is 1.63. The van der Waals surface area contributed by atoms with Crippen molar-refractivity contribution in [2.45, 2.75) is 0 Å². The summed E-state index contributed by atoms with van der Waals surface area (Å²) in [5.41, 5.74) is 0. The van der Waals surface area contributed by atoms with Gasteiger partial charge in [-0.15, -0.1) is 0 Å². The average molecular weight is 356 g/mol. The van der Waals surface area contributed by atoms with Crippen LogP contribution in [0.15, 0.2) is 0 Å². The molecule has 1 unspecified atom stereocenters. The second kappa shape index (κ2) is 11.7. The molecule has 0 aliphatic heterocycles. The largest absolute Gasteiger partial charge is 0 e. The van der Waals surface area contributed by atoms with Crippen LogP contribution in [0.1, 0.15) is 0 Å². The van der Waals surface area contributed by atoms with E-state index >= 15 is 0 Å². The second-order valence-corrected chi connectivity index (χ2v) is 2.23. The molecule has 0 saturated heterocycles. The Labute approximate surface area is 106 Å². The molecule has 0 aliphatic carbocycles. The van der Waals surface area contributed by atoms with E-state index in [1.807, 2.05) is 0 Å². The summed E-state index contributed by atoms with van der Waals surface area (Å²) in [5.74, 6) is 0. The molecule has 0 saturated carbocycles. The third kappa shape index (κ3) is 17.6. The van der Waals surface area contributed by atoms with Crippen LogP contribution in [-0.2, 0) is 47.3 Å². The Hall–Kier alpha value is 2.90. The molecule has 1 atom stereocenters.